The molecule has 2 aromatic heterocycles. The van der Waals surface area contributed by atoms with Crippen LogP contribution in [0.15, 0.2) is 16.9 Å². The molecule has 10 heteroatoms. The van der Waals surface area contributed by atoms with Crippen molar-refractivity contribution in [3.05, 3.63) is 22.1 Å². The van der Waals surface area contributed by atoms with Gasteiger partial charge >= 0.3 is 6.09 Å². The van der Waals surface area contributed by atoms with Crippen LogP contribution in [0.3, 0.4) is 0 Å². The van der Waals surface area contributed by atoms with Gasteiger partial charge in [0.1, 0.15) is 17.4 Å². The number of nitrogens with zero attached hydrogens (tertiary/aromatic N) is 4. The van der Waals surface area contributed by atoms with Crippen molar-refractivity contribution < 1.29 is 19.0 Å². The molecule has 8 nitrogen and oxygen atoms in total. The minimum absolute atomic E-state index is 0.00777. The van der Waals surface area contributed by atoms with E-state index in [2.05, 4.69) is 36.7 Å². The van der Waals surface area contributed by atoms with E-state index < -0.39 is 11.4 Å². The molecular formula is C24H32BrClN4O4. The second kappa shape index (κ2) is 8.61. The van der Waals surface area contributed by atoms with Gasteiger partial charge < -0.3 is 23.7 Å². The van der Waals surface area contributed by atoms with E-state index in [9.17, 15) is 4.79 Å². The number of aromatic nitrogens is 3. The summed E-state index contributed by atoms with van der Waals surface area (Å²) in [4.78, 5) is 23.0. The van der Waals surface area contributed by atoms with Crippen molar-refractivity contribution in [2.75, 3.05) is 13.1 Å². The van der Waals surface area contributed by atoms with Crippen molar-refractivity contribution >= 4 is 44.7 Å². The van der Waals surface area contributed by atoms with Crippen LogP contribution in [0.2, 0.25) is 5.28 Å². The predicted molar refractivity (Wildman–Crippen MR) is 132 cm³/mol. The molecule has 0 spiro atoms. The second-order valence-corrected chi connectivity index (χ2v) is 12.3. The third kappa shape index (κ3) is 4.56. The van der Waals surface area contributed by atoms with Crippen LogP contribution < -0.4 is 0 Å². The highest BCUT2D eigenvalue weighted by molar-refractivity contribution is 9.10. The summed E-state index contributed by atoms with van der Waals surface area (Å²) in [7, 11) is 0. The maximum atomic E-state index is 12.5. The van der Waals surface area contributed by atoms with E-state index in [1.165, 1.54) is 0 Å². The summed E-state index contributed by atoms with van der Waals surface area (Å²) in [6.07, 6.45) is 6.25. The Morgan fingerprint density at radius 2 is 1.91 bits per heavy atom. The number of hydrogen-bond donors (Lipinski definition) is 0. The van der Waals surface area contributed by atoms with Crippen LogP contribution in [0.25, 0.3) is 11.0 Å². The first-order valence-corrected chi connectivity index (χ1v) is 13.1. The van der Waals surface area contributed by atoms with Gasteiger partial charge in [-0.3, -0.25) is 0 Å². The molecule has 2 saturated heterocycles. The highest BCUT2D eigenvalue weighted by Gasteiger charge is 2.56. The monoisotopic (exact) mass is 554 g/mol. The Balaban J connectivity index is 1.37. The van der Waals surface area contributed by atoms with Gasteiger partial charge in [0.25, 0.3) is 0 Å². The third-order valence-electron chi connectivity index (χ3n) is 7.13. The van der Waals surface area contributed by atoms with Crippen LogP contribution in [0.5, 0.6) is 0 Å². The van der Waals surface area contributed by atoms with Crippen LogP contribution in [-0.4, -0.2) is 62.2 Å². The van der Waals surface area contributed by atoms with Crippen LogP contribution in [0.1, 0.15) is 59.9 Å². The summed E-state index contributed by atoms with van der Waals surface area (Å²) in [5.74, 6) is 0.124. The van der Waals surface area contributed by atoms with Gasteiger partial charge in [0.05, 0.1) is 17.5 Å². The first-order valence-electron chi connectivity index (χ1n) is 11.9. The standard InChI is InChI=1S/C24H32BrClN4O4/c1-23(2,3)34-22(31)29-8-6-13(7-9-29)14-10-17(19-18(14)32-24(4,5)33-19)30-12-16(25)15-11-27-21(26)28-20(15)30/h11-14,17-19H,6-10H2,1-5H3/t14-,17-,18-,19+/m1/s1. The predicted octanol–water partition coefficient (Wildman–Crippen LogP) is 5.58. The van der Waals surface area contributed by atoms with Crippen molar-refractivity contribution in [1.82, 2.24) is 19.4 Å². The summed E-state index contributed by atoms with van der Waals surface area (Å²) in [5.41, 5.74) is 0.310. The molecule has 3 fully saturated rings. The fraction of sp³-hybridized carbons (Fsp3) is 0.708. The van der Waals surface area contributed by atoms with E-state index >= 15 is 0 Å². The molecule has 4 atom stereocenters. The maximum Gasteiger partial charge on any atom is 0.410 e. The first-order chi connectivity index (χ1) is 15.9. The summed E-state index contributed by atoms with van der Waals surface area (Å²) in [5, 5.41) is 1.15. The normalized spacial score (nSPS) is 29.6. The molecule has 2 aromatic rings. The molecule has 1 saturated carbocycles. The highest BCUT2D eigenvalue weighted by atomic mass is 79.9. The van der Waals surface area contributed by atoms with E-state index in [1.807, 2.05) is 39.5 Å². The van der Waals surface area contributed by atoms with Crippen LogP contribution >= 0.6 is 27.5 Å². The Morgan fingerprint density at radius 1 is 1.24 bits per heavy atom. The van der Waals surface area contributed by atoms with E-state index in [0.29, 0.717) is 24.9 Å². The lowest BCUT2D eigenvalue weighted by atomic mass is 9.82. The van der Waals surface area contributed by atoms with Crippen molar-refractivity contribution in [3.63, 3.8) is 0 Å². The van der Waals surface area contributed by atoms with Crippen LogP contribution in [-0.2, 0) is 14.2 Å². The molecule has 0 N–H and O–H groups in total. The van der Waals surface area contributed by atoms with Crippen molar-refractivity contribution in [3.8, 4) is 0 Å². The van der Waals surface area contributed by atoms with E-state index in [-0.39, 0.29) is 29.6 Å². The molecule has 1 aliphatic carbocycles. The van der Waals surface area contributed by atoms with Gasteiger partial charge in [-0.05, 0) is 93.2 Å². The van der Waals surface area contributed by atoms with E-state index in [0.717, 1.165) is 34.8 Å². The lowest BCUT2D eigenvalue weighted by Crippen LogP contribution is -2.44. The lowest BCUT2D eigenvalue weighted by Gasteiger charge is -2.37. The van der Waals surface area contributed by atoms with Gasteiger partial charge in [0.15, 0.2) is 5.79 Å². The number of carbonyl (C=O) groups excluding carboxylic acids is 1. The number of rotatable bonds is 2. The average molecular weight is 556 g/mol. The molecule has 34 heavy (non-hydrogen) atoms. The number of hydrogen-bond acceptors (Lipinski definition) is 6. The maximum absolute atomic E-state index is 12.5. The number of piperidine rings is 1. The molecule has 5 rings (SSSR count). The van der Waals surface area contributed by atoms with Crippen molar-refractivity contribution in [1.29, 1.82) is 0 Å². The van der Waals surface area contributed by atoms with E-state index in [4.69, 9.17) is 25.8 Å². The molecule has 186 valence electrons. The Hall–Kier alpha value is -1.42. The molecule has 2 aliphatic heterocycles. The Bertz CT molecular complexity index is 1090. The highest BCUT2D eigenvalue weighted by Crippen LogP contribution is 2.52. The largest absolute Gasteiger partial charge is 0.444 e. The Kier molecular flexibility index (Phi) is 6.15. The van der Waals surface area contributed by atoms with Gasteiger partial charge in [0, 0.05) is 30.0 Å². The molecule has 0 bridgehead atoms. The summed E-state index contributed by atoms with van der Waals surface area (Å²) in [6.45, 7) is 11.1. The molecule has 1 amide bonds. The average Bonchev–Trinajstić information content (AvgIpc) is 3.34. The van der Waals surface area contributed by atoms with Crippen molar-refractivity contribution in [2.45, 2.75) is 83.5 Å². The summed E-state index contributed by atoms with van der Waals surface area (Å²) in [6, 6.07) is 0.0698. The fourth-order valence-electron chi connectivity index (χ4n) is 5.79. The number of fused-ring (bicyclic) bond motifs is 2. The number of likely N-dealkylation sites (tertiary alicyclic amines) is 1. The molecule has 4 heterocycles. The lowest BCUT2D eigenvalue weighted by molar-refractivity contribution is -0.163. The van der Waals surface area contributed by atoms with Gasteiger partial charge in [-0.2, -0.15) is 4.98 Å². The molecule has 0 unspecified atom stereocenters. The third-order valence-corrected chi connectivity index (χ3v) is 7.94. The molecule has 0 aromatic carbocycles. The zero-order valence-corrected chi connectivity index (χ0v) is 22.6. The fourth-order valence-corrected chi connectivity index (χ4v) is 6.41. The van der Waals surface area contributed by atoms with Crippen LogP contribution in [0.4, 0.5) is 4.79 Å². The quantitative estimate of drug-likeness (QED) is 0.451. The summed E-state index contributed by atoms with van der Waals surface area (Å²) >= 11 is 9.80. The minimum atomic E-state index is -0.643. The molecule has 3 aliphatic rings. The molecular weight excluding hydrogens is 524 g/mol. The van der Waals surface area contributed by atoms with Gasteiger partial charge in [-0.1, -0.05) is 0 Å². The number of halogens is 2. The van der Waals surface area contributed by atoms with Crippen molar-refractivity contribution in [2.24, 2.45) is 11.8 Å². The second-order valence-electron chi connectivity index (χ2n) is 11.1. The minimum Gasteiger partial charge on any atom is -0.444 e. The SMILES string of the molecule is CC(C)(C)OC(=O)N1CCC([C@H]2C[C@@H](n3cc(Br)c4cnc(Cl)nc43)[C@@H]3OC(C)(C)O[C@@H]32)CC1. The smallest absolute Gasteiger partial charge is 0.410 e. The number of carbonyl (C=O) groups is 1. The van der Waals surface area contributed by atoms with Crippen LogP contribution in [0, 0.1) is 11.8 Å². The van der Waals surface area contributed by atoms with Gasteiger partial charge in [-0.25, -0.2) is 9.78 Å². The van der Waals surface area contributed by atoms with Gasteiger partial charge in [0.2, 0.25) is 5.28 Å². The first kappa shape index (κ1) is 24.3. The zero-order chi connectivity index (χ0) is 24.4. The zero-order valence-electron chi connectivity index (χ0n) is 20.3. The number of amides is 1. The molecule has 0 radical (unpaired) electrons. The summed E-state index contributed by atoms with van der Waals surface area (Å²) < 4.78 is 21.6. The Labute approximate surface area is 213 Å². The van der Waals surface area contributed by atoms with E-state index in [1.54, 1.807) is 6.20 Å². The Morgan fingerprint density at radius 3 is 2.59 bits per heavy atom. The topological polar surface area (TPSA) is 78.7 Å². The number of ether oxygens (including phenoxy) is 3. The van der Waals surface area contributed by atoms with Gasteiger partial charge in [-0.15, -0.1) is 0 Å².